The molecule has 103 valence electrons. The predicted molar refractivity (Wildman–Crippen MR) is 93.0 cm³/mol. The van der Waals surface area contributed by atoms with E-state index in [9.17, 15) is 0 Å². The van der Waals surface area contributed by atoms with Crippen molar-refractivity contribution in [3.05, 3.63) is 89.8 Å². The molecule has 0 spiro atoms. The van der Waals surface area contributed by atoms with Crippen LogP contribution in [0.15, 0.2) is 66.7 Å². The molecule has 21 heavy (non-hydrogen) atoms. The van der Waals surface area contributed by atoms with Gasteiger partial charge in [0.1, 0.15) is 0 Å². The first-order chi connectivity index (χ1) is 10.4. The molecule has 0 saturated heterocycles. The minimum absolute atomic E-state index is 1.02. The van der Waals surface area contributed by atoms with Gasteiger partial charge in [-0.1, -0.05) is 85.8 Å². The molecule has 3 aromatic rings. The molecule has 0 bridgehead atoms. The highest BCUT2D eigenvalue weighted by atomic mass is 14.0. The van der Waals surface area contributed by atoms with Gasteiger partial charge in [0, 0.05) is 0 Å². The van der Waals surface area contributed by atoms with Crippen LogP contribution in [-0.2, 0) is 6.42 Å². The van der Waals surface area contributed by atoms with Crippen LogP contribution in [0.3, 0.4) is 0 Å². The maximum Gasteiger partial charge on any atom is -0.0111 e. The van der Waals surface area contributed by atoms with E-state index in [1.165, 1.54) is 27.5 Å². The summed E-state index contributed by atoms with van der Waals surface area (Å²) in [5.41, 5.74) is 3.88. The molecule has 0 aliphatic heterocycles. The second kappa shape index (κ2) is 6.41. The minimum atomic E-state index is 1.02. The first kappa shape index (κ1) is 13.6. The SMILES string of the molecule is C[CH]Cc1cccc(/C=C\c2cccc3ccccc23)c1. The molecule has 0 atom stereocenters. The van der Waals surface area contributed by atoms with Crippen molar-refractivity contribution in [2.45, 2.75) is 13.3 Å². The third-order valence-corrected chi connectivity index (χ3v) is 3.67. The van der Waals surface area contributed by atoms with Crippen LogP contribution in [-0.4, -0.2) is 0 Å². The molecule has 1 radical (unpaired) electrons. The lowest BCUT2D eigenvalue weighted by Gasteiger charge is -2.03. The Morgan fingerprint density at radius 1 is 0.810 bits per heavy atom. The average molecular weight is 271 g/mol. The van der Waals surface area contributed by atoms with Crippen LogP contribution in [0.2, 0.25) is 0 Å². The van der Waals surface area contributed by atoms with Crippen molar-refractivity contribution in [3.63, 3.8) is 0 Å². The van der Waals surface area contributed by atoms with Gasteiger partial charge in [0.15, 0.2) is 0 Å². The summed E-state index contributed by atoms with van der Waals surface area (Å²) in [6, 6.07) is 23.7. The zero-order valence-corrected chi connectivity index (χ0v) is 12.3. The largest absolute Gasteiger partial charge is 0.0619 e. The minimum Gasteiger partial charge on any atom is -0.0619 e. The van der Waals surface area contributed by atoms with E-state index < -0.39 is 0 Å². The lowest BCUT2D eigenvalue weighted by Crippen LogP contribution is -1.84. The van der Waals surface area contributed by atoms with Crippen LogP contribution < -0.4 is 0 Å². The predicted octanol–water partition coefficient (Wildman–Crippen LogP) is 5.78. The summed E-state index contributed by atoms with van der Waals surface area (Å²) < 4.78 is 0. The smallest absolute Gasteiger partial charge is 0.0111 e. The highest BCUT2D eigenvalue weighted by Gasteiger charge is 1.97. The van der Waals surface area contributed by atoms with E-state index in [2.05, 4.69) is 92.2 Å². The van der Waals surface area contributed by atoms with Gasteiger partial charge in [0.2, 0.25) is 0 Å². The zero-order chi connectivity index (χ0) is 14.5. The monoisotopic (exact) mass is 271 g/mol. The number of hydrogen-bond donors (Lipinski definition) is 0. The van der Waals surface area contributed by atoms with Gasteiger partial charge in [-0.15, -0.1) is 0 Å². The van der Waals surface area contributed by atoms with Crippen molar-refractivity contribution in [2.75, 3.05) is 0 Å². The van der Waals surface area contributed by atoms with Gasteiger partial charge >= 0.3 is 0 Å². The molecule has 0 unspecified atom stereocenters. The number of benzene rings is 3. The van der Waals surface area contributed by atoms with E-state index in [4.69, 9.17) is 0 Å². The first-order valence-electron chi connectivity index (χ1n) is 7.39. The Kier molecular flexibility index (Phi) is 4.16. The Bertz CT molecular complexity index is 760. The molecule has 0 aliphatic rings. The number of rotatable bonds is 4. The highest BCUT2D eigenvalue weighted by molar-refractivity contribution is 5.92. The summed E-state index contributed by atoms with van der Waals surface area (Å²) in [6.07, 6.45) is 7.61. The second-order valence-electron chi connectivity index (χ2n) is 5.26. The fraction of sp³-hybridized carbons (Fsp3) is 0.0952. The maximum absolute atomic E-state index is 2.25. The summed E-state index contributed by atoms with van der Waals surface area (Å²) >= 11 is 0. The van der Waals surface area contributed by atoms with Crippen molar-refractivity contribution in [2.24, 2.45) is 0 Å². The maximum atomic E-state index is 2.25. The van der Waals surface area contributed by atoms with E-state index in [1.54, 1.807) is 0 Å². The van der Waals surface area contributed by atoms with E-state index in [1.807, 2.05) is 0 Å². The van der Waals surface area contributed by atoms with Crippen molar-refractivity contribution >= 4 is 22.9 Å². The van der Waals surface area contributed by atoms with Gasteiger partial charge in [0.05, 0.1) is 0 Å². The Morgan fingerprint density at radius 2 is 1.62 bits per heavy atom. The summed E-state index contributed by atoms with van der Waals surface area (Å²) in [5.74, 6) is 0. The van der Waals surface area contributed by atoms with E-state index in [0.717, 1.165) is 6.42 Å². The summed E-state index contributed by atoms with van der Waals surface area (Å²) in [7, 11) is 0. The first-order valence-corrected chi connectivity index (χ1v) is 7.39. The lowest BCUT2D eigenvalue weighted by molar-refractivity contribution is 1.14. The quantitative estimate of drug-likeness (QED) is 0.528. The number of fused-ring (bicyclic) bond motifs is 1. The van der Waals surface area contributed by atoms with Crippen molar-refractivity contribution in [3.8, 4) is 0 Å². The van der Waals surface area contributed by atoms with Crippen molar-refractivity contribution in [1.29, 1.82) is 0 Å². The molecule has 0 nitrogen and oxygen atoms in total. The van der Waals surface area contributed by atoms with Crippen molar-refractivity contribution in [1.82, 2.24) is 0 Å². The van der Waals surface area contributed by atoms with Crippen LogP contribution in [0.1, 0.15) is 23.6 Å². The molecular weight excluding hydrogens is 252 g/mol. The Morgan fingerprint density at radius 3 is 2.52 bits per heavy atom. The Labute approximate surface area is 126 Å². The van der Waals surface area contributed by atoms with Crippen LogP contribution in [0.5, 0.6) is 0 Å². The zero-order valence-electron chi connectivity index (χ0n) is 12.3. The summed E-state index contributed by atoms with van der Waals surface area (Å²) in [6.45, 7) is 2.10. The molecular formula is C21H19. The molecule has 0 aliphatic carbocycles. The van der Waals surface area contributed by atoms with Crippen LogP contribution in [0.4, 0.5) is 0 Å². The van der Waals surface area contributed by atoms with Gasteiger partial charge in [-0.3, -0.25) is 0 Å². The van der Waals surface area contributed by atoms with Gasteiger partial charge in [-0.05, 0) is 40.3 Å². The Hall–Kier alpha value is -2.34. The molecule has 3 aromatic carbocycles. The van der Waals surface area contributed by atoms with Gasteiger partial charge in [0.25, 0.3) is 0 Å². The average Bonchev–Trinajstić information content (AvgIpc) is 2.53. The fourth-order valence-corrected chi connectivity index (χ4v) is 2.64. The summed E-state index contributed by atoms with van der Waals surface area (Å²) in [4.78, 5) is 0. The Balaban J connectivity index is 1.93. The second-order valence-corrected chi connectivity index (χ2v) is 5.26. The standard InChI is InChI=1S/C21H19/c1-2-7-17-8-5-9-18(16-17)14-15-20-12-6-11-19-10-3-4-13-21(19)20/h2-6,8-16H,7H2,1H3/b15-14-. The van der Waals surface area contributed by atoms with Crippen LogP contribution >= 0.6 is 0 Å². The van der Waals surface area contributed by atoms with E-state index >= 15 is 0 Å². The molecule has 0 amide bonds. The van der Waals surface area contributed by atoms with E-state index in [0.29, 0.717) is 0 Å². The van der Waals surface area contributed by atoms with Crippen LogP contribution in [0, 0.1) is 6.42 Å². The van der Waals surface area contributed by atoms with Crippen molar-refractivity contribution < 1.29 is 0 Å². The van der Waals surface area contributed by atoms with Gasteiger partial charge in [-0.2, -0.15) is 0 Å². The molecule has 0 heterocycles. The lowest BCUT2D eigenvalue weighted by atomic mass is 10.0. The normalized spacial score (nSPS) is 11.3. The summed E-state index contributed by atoms with van der Waals surface area (Å²) in [5, 5.41) is 2.59. The highest BCUT2D eigenvalue weighted by Crippen LogP contribution is 2.20. The molecule has 0 fully saturated rings. The van der Waals surface area contributed by atoms with Gasteiger partial charge in [-0.25, -0.2) is 0 Å². The third-order valence-electron chi connectivity index (χ3n) is 3.67. The molecule has 3 rings (SSSR count). The fourth-order valence-electron chi connectivity index (χ4n) is 2.64. The van der Waals surface area contributed by atoms with E-state index in [-0.39, 0.29) is 0 Å². The van der Waals surface area contributed by atoms with Gasteiger partial charge < -0.3 is 0 Å². The molecule has 0 N–H and O–H groups in total. The molecule has 0 aromatic heterocycles. The van der Waals surface area contributed by atoms with Crippen LogP contribution in [0.25, 0.3) is 22.9 Å². The number of hydrogen-bond acceptors (Lipinski definition) is 0. The molecule has 0 saturated carbocycles. The topological polar surface area (TPSA) is 0 Å². The molecule has 0 heteroatoms. The third kappa shape index (κ3) is 3.22.